The molecule has 2 aliphatic rings. The lowest BCUT2D eigenvalue weighted by molar-refractivity contribution is -0.605. The van der Waals surface area contributed by atoms with Crippen LogP contribution in [0.15, 0.2) is 59.8 Å². The maximum Gasteiger partial charge on any atom is 0.422 e. The summed E-state index contributed by atoms with van der Waals surface area (Å²) >= 11 is 13.6. The average Bonchev–Trinajstić information content (AvgIpc) is 3.71. The van der Waals surface area contributed by atoms with Crippen molar-refractivity contribution in [3.05, 3.63) is 81.2 Å². The molecule has 1 aromatic heterocycles. The van der Waals surface area contributed by atoms with Crippen LogP contribution >= 0.6 is 35.0 Å². The molecule has 2 aromatic carbocycles. The number of rotatable bonds is 14. The third kappa shape index (κ3) is 9.72. The molecule has 19 heteroatoms. The van der Waals surface area contributed by atoms with Gasteiger partial charge in [0.25, 0.3) is 0 Å². The number of halogens is 7. The van der Waals surface area contributed by atoms with Crippen LogP contribution in [0.3, 0.4) is 0 Å². The molecule has 266 valence electrons. The molecule has 10 nitrogen and oxygen atoms in total. The SMILES string of the molecule is O=C(O[C@@H](Cc1c(Cl)c[n+]([O-])cc1Cl)c1ccc(OC(F)F)c(OCC2CC2)c1)[C@@H]1SCCN1S(=O)(=O)c1ccc(OCC(F)(F)F)cc1. The fourth-order valence-electron chi connectivity index (χ4n) is 4.76. The first-order valence-corrected chi connectivity index (χ1v) is 17.8. The normalized spacial score (nSPS) is 17.6. The number of pyridine rings is 1. The molecule has 0 bridgehead atoms. The van der Waals surface area contributed by atoms with Gasteiger partial charge in [0.15, 0.2) is 35.9 Å². The van der Waals surface area contributed by atoms with E-state index in [0.717, 1.165) is 65.6 Å². The minimum atomic E-state index is -4.59. The van der Waals surface area contributed by atoms with Crippen LogP contribution in [0, 0.1) is 11.1 Å². The molecule has 1 aliphatic heterocycles. The van der Waals surface area contributed by atoms with Gasteiger partial charge in [0.2, 0.25) is 10.0 Å². The van der Waals surface area contributed by atoms with Gasteiger partial charge in [0.05, 0.1) is 11.5 Å². The molecule has 5 rings (SSSR count). The van der Waals surface area contributed by atoms with E-state index in [1.807, 2.05) is 0 Å². The van der Waals surface area contributed by atoms with E-state index in [0.29, 0.717) is 4.73 Å². The third-order valence-corrected chi connectivity index (χ3v) is 11.2. The number of carbonyl (C=O) groups excluding carboxylic acids is 1. The molecule has 1 saturated heterocycles. The van der Waals surface area contributed by atoms with Crippen molar-refractivity contribution in [2.24, 2.45) is 5.92 Å². The molecular formula is C30H27Cl2F5N2O8S2. The monoisotopic (exact) mass is 772 g/mol. The third-order valence-electron chi connectivity index (χ3n) is 7.32. The number of thioether (sulfide) groups is 1. The highest BCUT2D eigenvalue weighted by molar-refractivity contribution is 8.02. The smallest absolute Gasteiger partial charge is 0.422 e. The fraction of sp³-hybridized carbons (Fsp3) is 0.400. The number of hydrogen-bond acceptors (Lipinski definition) is 9. The van der Waals surface area contributed by atoms with Gasteiger partial charge in [0, 0.05) is 24.3 Å². The van der Waals surface area contributed by atoms with E-state index in [4.69, 9.17) is 32.7 Å². The number of aromatic nitrogens is 1. The Morgan fingerprint density at radius 3 is 2.33 bits per heavy atom. The largest absolute Gasteiger partial charge is 0.619 e. The second-order valence-corrected chi connectivity index (χ2v) is 14.9. The average molecular weight is 774 g/mol. The van der Waals surface area contributed by atoms with Crippen LogP contribution in [-0.2, 0) is 26.0 Å². The number of esters is 1. The topological polar surface area (TPSA) is 118 Å². The second-order valence-electron chi connectivity index (χ2n) is 11.0. The van der Waals surface area contributed by atoms with Crippen molar-refractivity contribution in [2.75, 3.05) is 25.5 Å². The summed E-state index contributed by atoms with van der Waals surface area (Å²) < 4.78 is 113. The van der Waals surface area contributed by atoms with Crippen LogP contribution in [0.2, 0.25) is 10.0 Å². The van der Waals surface area contributed by atoms with Crippen molar-refractivity contribution in [1.29, 1.82) is 0 Å². The molecule has 1 saturated carbocycles. The minimum absolute atomic E-state index is 0.0458. The first-order valence-electron chi connectivity index (χ1n) is 14.5. The Balaban J connectivity index is 1.42. The van der Waals surface area contributed by atoms with Crippen molar-refractivity contribution in [2.45, 2.75) is 48.4 Å². The molecule has 2 heterocycles. The van der Waals surface area contributed by atoms with Crippen molar-refractivity contribution in [1.82, 2.24) is 4.31 Å². The van der Waals surface area contributed by atoms with Gasteiger partial charge in [-0.15, -0.1) is 11.8 Å². The van der Waals surface area contributed by atoms with Crippen molar-refractivity contribution in [3.63, 3.8) is 0 Å². The van der Waals surface area contributed by atoms with E-state index < -0.39 is 46.9 Å². The highest BCUT2D eigenvalue weighted by Gasteiger charge is 2.42. The first-order chi connectivity index (χ1) is 23.1. The Hall–Kier alpha value is -3.25. The summed E-state index contributed by atoms with van der Waals surface area (Å²) in [6.07, 6.45) is -2.17. The van der Waals surface area contributed by atoms with Gasteiger partial charge < -0.3 is 24.2 Å². The van der Waals surface area contributed by atoms with Crippen LogP contribution in [0.5, 0.6) is 17.2 Å². The van der Waals surface area contributed by atoms with Gasteiger partial charge in [-0.1, -0.05) is 29.3 Å². The van der Waals surface area contributed by atoms with Crippen LogP contribution in [-0.4, -0.2) is 62.4 Å². The summed E-state index contributed by atoms with van der Waals surface area (Å²) in [5.74, 6) is -1.06. The summed E-state index contributed by atoms with van der Waals surface area (Å²) in [7, 11) is -4.36. The predicted octanol–water partition coefficient (Wildman–Crippen LogP) is 6.55. The Labute approximate surface area is 291 Å². The molecule has 1 aliphatic carbocycles. The lowest BCUT2D eigenvalue weighted by Crippen LogP contribution is -2.40. The van der Waals surface area contributed by atoms with E-state index in [-0.39, 0.29) is 74.6 Å². The molecule has 2 atom stereocenters. The van der Waals surface area contributed by atoms with E-state index in [1.165, 1.54) is 18.2 Å². The second kappa shape index (κ2) is 15.3. The highest BCUT2D eigenvalue weighted by atomic mass is 35.5. The zero-order chi connectivity index (χ0) is 35.5. The number of sulfonamides is 1. The summed E-state index contributed by atoms with van der Waals surface area (Å²) in [6, 6.07) is 8.18. The number of hydrogen-bond donors (Lipinski definition) is 0. The van der Waals surface area contributed by atoms with Gasteiger partial charge in [-0.25, -0.2) is 13.2 Å². The van der Waals surface area contributed by atoms with Gasteiger partial charge in [-0.2, -0.15) is 31.0 Å². The Morgan fingerprint density at radius 1 is 1.04 bits per heavy atom. The predicted molar refractivity (Wildman–Crippen MR) is 167 cm³/mol. The molecule has 0 unspecified atom stereocenters. The van der Waals surface area contributed by atoms with Crippen LogP contribution in [0.1, 0.15) is 30.1 Å². The summed E-state index contributed by atoms with van der Waals surface area (Å²) in [6.45, 7) is -4.58. The lowest BCUT2D eigenvalue weighted by atomic mass is 10.0. The van der Waals surface area contributed by atoms with Crippen LogP contribution < -0.4 is 18.9 Å². The van der Waals surface area contributed by atoms with E-state index in [9.17, 15) is 40.4 Å². The minimum Gasteiger partial charge on any atom is -0.619 e. The molecule has 0 radical (unpaired) electrons. The number of nitrogens with zero attached hydrogens (tertiary/aromatic N) is 2. The molecule has 0 N–H and O–H groups in total. The summed E-state index contributed by atoms with van der Waals surface area (Å²) in [4.78, 5) is 13.4. The Bertz CT molecular complexity index is 1740. The molecule has 2 fully saturated rings. The number of benzene rings is 2. The molecular weight excluding hydrogens is 746 g/mol. The quantitative estimate of drug-likeness (QED) is 0.0779. The Kier molecular flexibility index (Phi) is 11.6. The lowest BCUT2D eigenvalue weighted by Gasteiger charge is -2.26. The van der Waals surface area contributed by atoms with Crippen molar-refractivity contribution in [3.8, 4) is 17.2 Å². The number of carbonyl (C=O) groups is 1. The summed E-state index contributed by atoms with van der Waals surface area (Å²) in [5, 5.41) is 10.4. The van der Waals surface area contributed by atoms with E-state index in [2.05, 4.69) is 9.47 Å². The maximum atomic E-state index is 13.7. The zero-order valence-corrected chi connectivity index (χ0v) is 28.2. The highest BCUT2D eigenvalue weighted by Crippen LogP contribution is 2.39. The molecule has 0 amide bonds. The fourth-order valence-corrected chi connectivity index (χ4v) is 8.40. The first kappa shape index (κ1) is 37.0. The standard InChI is InChI=1S/C30H27Cl2F5N2O8S2/c31-22-13-38(41)14-23(32)21(22)12-25(18-3-8-24(47-29(33)34)26(11-18)44-15-17-1-2-17)46-28(40)27-39(9-10-48-27)49(42,43)20-6-4-19(5-7-20)45-16-30(35,36)37/h3-8,11,13-14,17,25,27,29H,1-2,9-10,12,15-16H2/t25-,27-/m0/s1. The van der Waals surface area contributed by atoms with Gasteiger partial charge >= 0.3 is 18.8 Å². The number of ether oxygens (including phenoxy) is 4. The maximum absolute atomic E-state index is 13.7. The van der Waals surface area contributed by atoms with Crippen molar-refractivity contribution < 1.29 is 58.8 Å². The van der Waals surface area contributed by atoms with Crippen LogP contribution in [0.25, 0.3) is 0 Å². The number of alkyl halides is 5. The molecule has 49 heavy (non-hydrogen) atoms. The van der Waals surface area contributed by atoms with Gasteiger partial charge in [0.1, 0.15) is 21.9 Å². The Morgan fingerprint density at radius 2 is 1.71 bits per heavy atom. The van der Waals surface area contributed by atoms with Gasteiger partial charge in [-0.05, 0) is 60.7 Å². The molecule has 3 aromatic rings. The summed E-state index contributed by atoms with van der Waals surface area (Å²) in [5.41, 5.74) is 0.441. The molecule has 0 spiro atoms. The van der Waals surface area contributed by atoms with Crippen molar-refractivity contribution >= 4 is 51.0 Å². The van der Waals surface area contributed by atoms with Crippen LogP contribution in [0.4, 0.5) is 22.0 Å². The zero-order valence-electron chi connectivity index (χ0n) is 25.1. The van der Waals surface area contributed by atoms with Gasteiger partial charge in [-0.3, -0.25) is 0 Å². The van der Waals surface area contributed by atoms with E-state index >= 15 is 0 Å². The van der Waals surface area contributed by atoms with E-state index in [1.54, 1.807) is 0 Å².